The monoisotopic (exact) mass is 874 g/mol. The van der Waals surface area contributed by atoms with Crippen LogP contribution in [0.1, 0.15) is 54.2 Å². The highest BCUT2D eigenvalue weighted by molar-refractivity contribution is 7.92. The minimum Gasteiger partial charge on any atom is -0.473 e. The number of nitrogens with one attached hydrogen (secondary N) is 2. The first-order valence-corrected chi connectivity index (χ1v) is 20.6. The number of halogens is 2. The minimum atomic E-state index is -4.78. The first-order valence-electron chi connectivity index (χ1n) is 18.9. The fraction of sp³-hybridized carbons (Fsp3) is 0.262. The van der Waals surface area contributed by atoms with Crippen LogP contribution in [0.3, 0.4) is 0 Å². The summed E-state index contributed by atoms with van der Waals surface area (Å²) in [6.07, 6.45) is -2.47. The van der Waals surface area contributed by atoms with Crippen LogP contribution in [0.4, 0.5) is 36.3 Å². The van der Waals surface area contributed by atoms with E-state index in [9.17, 15) is 47.0 Å². The third-order valence-electron chi connectivity index (χ3n) is 9.22. The number of ether oxygens (including phenoxy) is 3. The lowest BCUT2D eigenvalue weighted by molar-refractivity contribution is -0.392. The average molecular weight is 875 g/mol. The van der Waals surface area contributed by atoms with E-state index in [2.05, 4.69) is 4.98 Å². The Balaban J connectivity index is 1.31. The quantitative estimate of drug-likeness (QED) is 0.0667. The van der Waals surface area contributed by atoms with Crippen molar-refractivity contribution in [1.29, 1.82) is 0 Å². The number of pyridine rings is 1. The molecule has 5 aromatic rings. The van der Waals surface area contributed by atoms with Crippen molar-refractivity contribution in [2.24, 2.45) is 0 Å². The Hall–Kier alpha value is -7.22. The smallest absolute Gasteiger partial charge is 0.407 e. The van der Waals surface area contributed by atoms with E-state index in [1.54, 1.807) is 6.07 Å². The summed E-state index contributed by atoms with van der Waals surface area (Å²) in [6.45, 7) is 3.23. The van der Waals surface area contributed by atoms with Crippen molar-refractivity contribution in [3.63, 3.8) is 0 Å². The van der Waals surface area contributed by atoms with Crippen molar-refractivity contribution in [1.82, 2.24) is 10.3 Å². The highest BCUT2D eigenvalue weighted by Crippen LogP contribution is 2.47. The number of carbonyl (C=O) groups excluding carboxylic acids is 2. The molecule has 2 heterocycles. The molecule has 0 saturated carbocycles. The van der Waals surface area contributed by atoms with Crippen LogP contribution in [0.25, 0.3) is 11.1 Å². The molecule has 62 heavy (non-hydrogen) atoms. The van der Waals surface area contributed by atoms with E-state index in [1.165, 1.54) is 49.9 Å². The van der Waals surface area contributed by atoms with Gasteiger partial charge in [-0.1, -0.05) is 72.8 Å². The summed E-state index contributed by atoms with van der Waals surface area (Å²) in [5.74, 6) is -5.43. The first-order chi connectivity index (χ1) is 29.3. The second-order valence-corrected chi connectivity index (χ2v) is 16.8. The number of hydrogen-bond acceptors (Lipinski definition) is 12. The Bertz CT molecular complexity index is 2610. The van der Waals surface area contributed by atoms with Gasteiger partial charge in [0.1, 0.15) is 35.8 Å². The Morgan fingerprint density at radius 3 is 2.08 bits per heavy atom. The van der Waals surface area contributed by atoms with Gasteiger partial charge < -0.3 is 19.5 Å². The molecule has 1 aliphatic heterocycles. The van der Waals surface area contributed by atoms with Gasteiger partial charge in [0.05, 0.1) is 28.7 Å². The van der Waals surface area contributed by atoms with E-state index >= 15 is 0 Å². The summed E-state index contributed by atoms with van der Waals surface area (Å²) in [4.78, 5) is 55.1. The topological polar surface area (TPSA) is 222 Å². The third-order valence-corrected chi connectivity index (χ3v) is 10.5. The number of amides is 2. The summed E-state index contributed by atoms with van der Waals surface area (Å²) in [5.41, 5.74) is -2.38. The molecule has 324 valence electrons. The predicted octanol–water partition coefficient (Wildman–Crippen LogP) is 8.18. The number of nitro benzene ring substituents is 2. The summed E-state index contributed by atoms with van der Waals surface area (Å²) in [6, 6.07) is 27.2. The fourth-order valence-corrected chi connectivity index (χ4v) is 7.57. The Kier molecular flexibility index (Phi) is 13.0. The molecule has 20 heteroatoms. The fourth-order valence-electron chi connectivity index (χ4n) is 6.40. The first kappa shape index (κ1) is 44.3. The lowest BCUT2D eigenvalue weighted by Gasteiger charge is -2.22. The van der Waals surface area contributed by atoms with Gasteiger partial charge in [0.2, 0.25) is 21.8 Å². The molecule has 0 atom stereocenters. The third kappa shape index (κ3) is 10.9. The van der Waals surface area contributed by atoms with E-state index in [-0.39, 0.29) is 53.9 Å². The highest BCUT2D eigenvalue weighted by Gasteiger charge is 2.39. The van der Waals surface area contributed by atoms with Gasteiger partial charge in [-0.05, 0) is 55.7 Å². The average Bonchev–Trinajstić information content (AvgIpc) is 3.56. The van der Waals surface area contributed by atoms with E-state index in [4.69, 9.17) is 14.2 Å². The molecule has 0 bridgehead atoms. The van der Waals surface area contributed by atoms with E-state index < -0.39 is 84.7 Å². The molecule has 0 radical (unpaired) electrons. The predicted molar refractivity (Wildman–Crippen MR) is 223 cm³/mol. The van der Waals surface area contributed by atoms with E-state index in [0.29, 0.717) is 0 Å². The van der Waals surface area contributed by atoms with Crippen LogP contribution in [0, 0.1) is 20.2 Å². The molecule has 4 aromatic carbocycles. The lowest BCUT2D eigenvalue weighted by atomic mass is 9.94. The van der Waals surface area contributed by atoms with E-state index in [1.807, 2.05) is 70.7 Å². The maximum absolute atomic E-state index is 14.7. The Morgan fingerprint density at radius 1 is 0.839 bits per heavy atom. The van der Waals surface area contributed by atoms with Gasteiger partial charge in [0.15, 0.2) is 0 Å². The van der Waals surface area contributed by atoms with Crippen molar-refractivity contribution in [3.05, 3.63) is 146 Å². The van der Waals surface area contributed by atoms with Crippen molar-refractivity contribution in [3.8, 4) is 22.9 Å². The second-order valence-electron chi connectivity index (χ2n) is 15.0. The van der Waals surface area contributed by atoms with Crippen LogP contribution in [0.15, 0.2) is 103 Å². The number of rotatable bonds is 17. The van der Waals surface area contributed by atoms with Gasteiger partial charge in [0.25, 0.3) is 17.5 Å². The second kappa shape index (κ2) is 18.2. The number of anilines is 2. The zero-order valence-electron chi connectivity index (χ0n) is 33.5. The summed E-state index contributed by atoms with van der Waals surface area (Å²) in [5, 5.41) is 27.1. The summed E-state index contributed by atoms with van der Waals surface area (Å²) < 4.78 is 74.7. The van der Waals surface area contributed by atoms with Gasteiger partial charge in [-0.3, -0.25) is 34.6 Å². The Labute approximate surface area is 354 Å². The van der Waals surface area contributed by atoms with E-state index in [0.717, 1.165) is 23.3 Å². The maximum atomic E-state index is 14.7. The molecule has 0 fully saturated rings. The van der Waals surface area contributed by atoms with Crippen LogP contribution >= 0.6 is 0 Å². The molecule has 17 nitrogen and oxygen atoms in total. The molecule has 0 unspecified atom stereocenters. The lowest BCUT2D eigenvalue weighted by Crippen LogP contribution is -2.40. The number of benzene rings is 4. The van der Waals surface area contributed by atoms with Gasteiger partial charge in [0, 0.05) is 29.7 Å². The largest absolute Gasteiger partial charge is 0.473 e. The van der Waals surface area contributed by atoms with Gasteiger partial charge in [-0.2, -0.15) is 4.98 Å². The van der Waals surface area contributed by atoms with Crippen LogP contribution in [0.2, 0.25) is 0 Å². The molecule has 0 saturated heterocycles. The number of aromatic nitrogens is 1. The number of nitro groups is 2. The van der Waals surface area contributed by atoms with Crippen molar-refractivity contribution in [2.45, 2.75) is 58.5 Å². The minimum absolute atomic E-state index is 0.00156. The number of alkyl halides is 2. The molecule has 0 aliphatic carbocycles. The number of carbonyl (C=O) groups is 2. The molecule has 6 rings (SSSR count). The normalized spacial score (nSPS) is 12.7. The number of sulfonamides is 1. The standard InChI is InChI=1S/C42H40F2N6O11S/c1-41(2,3)61-40(52)45-26-42(43,44)21-22-62(57,58)47-32-17-18-33(49(53)54)36(37(32)50(55)56)29-15-10-16-30-31(29)23-48(39(30)51)34-19-20-35(59-24-27-11-6-4-7-12-27)46-38(34)60-25-28-13-8-5-9-14-28/h4-20,47H,21-26H2,1-3H3,(H,45,52). The van der Waals surface area contributed by atoms with Crippen LogP contribution < -0.4 is 24.4 Å². The van der Waals surface area contributed by atoms with Crippen LogP contribution in [-0.4, -0.2) is 59.1 Å². The number of hydrogen-bond donors (Lipinski definition) is 2. The van der Waals surface area contributed by atoms with Crippen molar-refractivity contribution >= 4 is 44.8 Å². The number of alkyl carbamates (subject to hydrolysis) is 1. The van der Waals surface area contributed by atoms with Crippen molar-refractivity contribution < 1.29 is 50.8 Å². The maximum Gasteiger partial charge on any atom is 0.407 e. The number of fused-ring (bicyclic) bond motifs is 1. The number of nitrogens with zero attached hydrogens (tertiary/aromatic N) is 4. The van der Waals surface area contributed by atoms with Gasteiger partial charge in [-0.15, -0.1) is 0 Å². The molecule has 0 spiro atoms. The van der Waals surface area contributed by atoms with Gasteiger partial charge in [-0.25, -0.2) is 22.0 Å². The molecule has 1 aromatic heterocycles. The molecule has 2 N–H and O–H groups in total. The summed E-state index contributed by atoms with van der Waals surface area (Å²) in [7, 11) is -4.78. The molecule has 1 aliphatic rings. The zero-order chi connectivity index (χ0) is 44.8. The molecular formula is C42H40F2N6O11S. The van der Waals surface area contributed by atoms with Crippen molar-refractivity contribution in [2.75, 3.05) is 21.9 Å². The highest BCUT2D eigenvalue weighted by atomic mass is 32.2. The zero-order valence-corrected chi connectivity index (χ0v) is 34.3. The van der Waals surface area contributed by atoms with Crippen LogP contribution in [0.5, 0.6) is 11.8 Å². The van der Waals surface area contributed by atoms with Gasteiger partial charge >= 0.3 is 11.8 Å². The van der Waals surface area contributed by atoms with Crippen LogP contribution in [-0.2, 0) is 34.5 Å². The Morgan fingerprint density at radius 2 is 1.47 bits per heavy atom. The summed E-state index contributed by atoms with van der Waals surface area (Å²) >= 11 is 0. The SMILES string of the molecule is CC(C)(C)OC(=O)NCC(F)(F)CCS(=O)(=O)Nc1ccc([N+](=O)[O-])c(-c2cccc3c2CN(c2ccc(OCc4ccccc4)nc2OCc2ccccc2)C3=O)c1[N+](=O)[O-]. The molecule has 2 amide bonds. The molecular weight excluding hydrogens is 835 g/mol.